The smallest absolute Gasteiger partial charge is 0.322 e. The van der Waals surface area contributed by atoms with Gasteiger partial charge in [-0.3, -0.25) is 4.79 Å². The number of hydrogen-bond donors (Lipinski definition) is 1. The summed E-state index contributed by atoms with van der Waals surface area (Å²) in [5.74, 6) is 1.49. The zero-order chi connectivity index (χ0) is 13.8. The lowest BCUT2D eigenvalue weighted by Crippen LogP contribution is -2.44. The van der Waals surface area contributed by atoms with Crippen LogP contribution in [0.1, 0.15) is 39.5 Å². The predicted octanol–water partition coefficient (Wildman–Crippen LogP) is 1.65. The van der Waals surface area contributed by atoms with Gasteiger partial charge >= 0.3 is 5.97 Å². The largest absolute Gasteiger partial charge is 0.468 e. The molecule has 19 heavy (non-hydrogen) atoms. The molecule has 0 spiro atoms. The molecule has 3 unspecified atom stereocenters. The van der Waals surface area contributed by atoms with Crippen molar-refractivity contribution in [3.05, 3.63) is 0 Å². The molecule has 0 amide bonds. The van der Waals surface area contributed by atoms with Crippen LogP contribution in [0.5, 0.6) is 0 Å². The van der Waals surface area contributed by atoms with Gasteiger partial charge in [-0.2, -0.15) is 0 Å². The summed E-state index contributed by atoms with van der Waals surface area (Å²) in [5, 5.41) is 3.40. The van der Waals surface area contributed by atoms with Crippen molar-refractivity contribution in [1.29, 1.82) is 0 Å². The summed E-state index contributed by atoms with van der Waals surface area (Å²) in [5.41, 5.74) is 0. The van der Waals surface area contributed by atoms with Crippen molar-refractivity contribution in [3.8, 4) is 0 Å². The molecule has 1 saturated carbocycles. The fourth-order valence-corrected chi connectivity index (χ4v) is 2.81. The minimum Gasteiger partial charge on any atom is -0.468 e. The molecule has 1 aliphatic carbocycles. The van der Waals surface area contributed by atoms with Crippen molar-refractivity contribution in [2.75, 3.05) is 26.7 Å². The Balaban J connectivity index is 1.76. The SMILES string of the molecule is COC(=O)C(CCN1CCC(C)C(C)C1)NC1CC1. The maximum Gasteiger partial charge on any atom is 0.322 e. The van der Waals surface area contributed by atoms with E-state index in [9.17, 15) is 4.79 Å². The Morgan fingerprint density at radius 2 is 2.05 bits per heavy atom. The Labute approximate surface area is 116 Å². The van der Waals surface area contributed by atoms with Gasteiger partial charge in [0.15, 0.2) is 0 Å². The molecule has 1 saturated heterocycles. The number of rotatable bonds is 6. The third-order valence-corrected chi connectivity index (χ3v) is 4.65. The third-order valence-electron chi connectivity index (χ3n) is 4.65. The second-order valence-corrected chi connectivity index (χ2v) is 6.35. The lowest BCUT2D eigenvalue weighted by Gasteiger charge is -2.35. The van der Waals surface area contributed by atoms with Crippen molar-refractivity contribution in [1.82, 2.24) is 10.2 Å². The monoisotopic (exact) mass is 268 g/mol. The zero-order valence-electron chi connectivity index (χ0n) is 12.5. The van der Waals surface area contributed by atoms with E-state index < -0.39 is 0 Å². The number of hydrogen-bond acceptors (Lipinski definition) is 4. The number of piperidine rings is 1. The first kappa shape index (κ1) is 14.8. The molecule has 2 fully saturated rings. The maximum absolute atomic E-state index is 11.8. The number of likely N-dealkylation sites (tertiary alicyclic amines) is 1. The topological polar surface area (TPSA) is 41.6 Å². The van der Waals surface area contributed by atoms with Crippen LogP contribution in [0.25, 0.3) is 0 Å². The van der Waals surface area contributed by atoms with E-state index in [4.69, 9.17) is 4.74 Å². The molecular weight excluding hydrogens is 240 g/mol. The summed E-state index contributed by atoms with van der Waals surface area (Å²) in [6, 6.07) is 0.427. The van der Waals surface area contributed by atoms with Crippen LogP contribution >= 0.6 is 0 Å². The summed E-state index contributed by atoms with van der Waals surface area (Å²) in [7, 11) is 1.48. The van der Waals surface area contributed by atoms with Crippen LogP contribution in [-0.2, 0) is 9.53 Å². The second-order valence-electron chi connectivity index (χ2n) is 6.35. The van der Waals surface area contributed by atoms with Gasteiger partial charge in [-0.1, -0.05) is 13.8 Å². The van der Waals surface area contributed by atoms with Gasteiger partial charge in [0.1, 0.15) is 6.04 Å². The quantitative estimate of drug-likeness (QED) is 0.744. The van der Waals surface area contributed by atoms with Crippen LogP contribution in [0.3, 0.4) is 0 Å². The standard InChI is InChI=1S/C15H28N2O2/c1-11-6-8-17(10-12(11)2)9-7-14(15(18)19-3)16-13-4-5-13/h11-14,16H,4-10H2,1-3H3. The molecule has 0 aromatic carbocycles. The molecule has 0 aromatic heterocycles. The maximum atomic E-state index is 11.8. The molecule has 1 N–H and O–H groups in total. The highest BCUT2D eigenvalue weighted by atomic mass is 16.5. The minimum absolute atomic E-state index is 0.106. The Morgan fingerprint density at radius 3 is 2.63 bits per heavy atom. The highest BCUT2D eigenvalue weighted by Gasteiger charge is 2.30. The lowest BCUT2D eigenvalue weighted by molar-refractivity contribution is -0.143. The van der Waals surface area contributed by atoms with Crippen LogP contribution in [0.15, 0.2) is 0 Å². The summed E-state index contributed by atoms with van der Waals surface area (Å²) in [6.07, 6.45) is 4.54. The van der Waals surface area contributed by atoms with Crippen molar-refractivity contribution in [2.24, 2.45) is 11.8 Å². The van der Waals surface area contributed by atoms with Crippen molar-refractivity contribution in [3.63, 3.8) is 0 Å². The minimum atomic E-state index is -0.118. The molecule has 3 atom stereocenters. The number of carbonyl (C=O) groups is 1. The first-order chi connectivity index (χ1) is 9.10. The third kappa shape index (κ3) is 4.46. The average Bonchev–Trinajstić information content (AvgIpc) is 3.21. The fourth-order valence-electron chi connectivity index (χ4n) is 2.81. The van der Waals surface area contributed by atoms with E-state index in [1.54, 1.807) is 0 Å². The molecule has 2 rings (SSSR count). The van der Waals surface area contributed by atoms with Crippen LogP contribution in [0.4, 0.5) is 0 Å². The van der Waals surface area contributed by atoms with E-state index >= 15 is 0 Å². The molecule has 0 radical (unpaired) electrons. The molecule has 4 nitrogen and oxygen atoms in total. The Bertz CT molecular complexity index is 305. The molecule has 1 heterocycles. The van der Waals surface area contributed by atoms with E-state index in [-0.39, 0.29) is 12.0 Å². The molecule has 0 aromatic rings. The summed E-state index contributed by atoms with van der Waals surface area (Å²) in [4.78, 5) is 14.3. The molecule has 2 aliphatic rings. The van der Waals surface area contributed by atoms with Crippen molar-refractivity contribution >= 4 is 5.97 Å². The van der Waals surface area contributed by atoms with Gasteiger partial charge in [0.25, 0.3) is 0 Å². The van der Waals surface area contributed by atoms with Gasteiger partial charge in [-0.15, -0.1) is 0 Å². The Kier molecular flexibility index (Phi) is 5.22. The molecule has 1 aliphatic heterocycles. The van der Waals surface area contributed by atoms with Gasteiger partial charge in [0.05, 0.1) is 7.11 Å². The van der Waals surface area contributed by atoms with E-state index in [1.165, 1.54) is 39.5 Å². The van der Waals surface area contributed by atoms with E-state index in [2.05, 4.69) is 24.1 Å². The first-order valence-corrected chi connectivity index (χ1v) is 7.66. The van der Waals surface area contributed by atoms with E-state index in [1.807, 2.05) is 0 Å². The molecular formula is C15H28N2O2. The number of esters is 1. The Hall–Kier alpha value is -0.610. The average molecular weight is 268 g/mol. The van der Waals surface area contributed by atoms with E-state index in [0.717, 1.165) is 24.8 Å². The number of nitrogens with zero attached hydrogens (tertiary/aromatic N) is 1. The van der Waals surface area contributed by atoms with Gasteiger partial charge in [0, 0.05) is 19.1 Å². The van der Waals surface area contributed by atoms with Gasteiger partial charge in [-0.25, -0.2) is 0 Å². The summed E-state index contributed by atoms with van der Waals surface area (Å²) >= 11 is 0. The molecule has 110 valence electrons. The molecule has 4 heteroatoms. The normalized spacial score (nSPS) is 30.1. The Morgan fingerprint density at radius 1 is 1.32 bits per heavy atom. The summed E-state index contributed by atoms with van der Waals surface area (Å²) < 4.78 is 4.90. The zero-order valence-corrected chi connectivity index (χ0v) is 12.5. The van der Waals surface area contributed by atoms with Crippen molar-refractivity contribution in [2.45, 2.75) is 51.6 Å². The highest BCUT2D eigenvalue weighted by molar-refractivity contribution is 5.75. The van der Waals surface area contributed by atoms with Crippen LogP contribution in [0, 0.1) is 11.8 Å². The number of ether oxygens (including phenoxy) is 1. The highest BCUT2D eigenvalue weighted by Crippen LogP contribution is 2.23. The predicted molar refractivity (Wildman–Crippen MR) is 76.0 cm³/mol. The van der Waals surface area contributed by atoms with Crippen LogP contribution < -0.4 is 5.32 Å². The van der Waals surface area contributed by atoms with Crippen molar-refractivity contribution < 1.29 is 9.53 Å². The number of methoxy groups -OCH3 is 1. The number of nitrogens with one attached hydrogen (secondary N) is 1. The fraction of sp³-hybridized carbons (Fsp3) is 0.933. The van der Waals surface area contributed by atoms with Crippen LogP contribution in [-0.4, -0.2) is 49.7 Å². The molecule has 0 bridgehead atoms. The first-order valence-electron chi connectivity index (χ1n) is 7.66. The van der Waals surface area contributed by atoms with Crippen LogP contribution in [0.2, 0.25) is 0 Å². The van der Waals surface area contributed by atoms with Gasteiger partial charge in [-0.05, 0) is 44.1 Å². The van der Waals surface area contributed by atoms with E-state index in [0.29, 0.717) is 6.04 Å². The second kappa shape index (κ2) is 6.71. The van der Waals surface area contributed by atoms with Gasteiger partial charge in [0.2, 0.25) is 0 Å². The van der Waals surface area contributed by atoms with Gasteiger partial charge < -0.3 is 15.0 Å². The number of carbonyl (C=O) groups excluding carboxylic acids is 1. The lowest BCUT2D eigenvalue weighted by atomic mass is 9.88. The summed E-state index contributed by atoms with van der Waals surface area (Å²) in [6.45, 7) is 8.00.